The maximum absolute atomic E-state index is 12.3. The topological polar surface area (TPSA) is 40.9 Å². The molecule has 18 heavy (non-hydrogen) atoms. The quantitative estimate of drug-likeness (QED) is 0.762. The lowest BCUT2D eigenvalue weighted by Crippen LogP contribution is -2.05. The van der Waals surface area contributed by atoms with Crippen molar-refractivity contribution in [2.24, 2.45) is 0 Å². The summed E-state index contributed by atoms with van der Waals surface area (Å²) in [7, 11) is 0. The predicted molar refractivity (Wildman–Crippen MR) is 70.3 cm³/mol. The minimum atomic E-state index is 0.0177. The first kappa shape index (κ1) is 12.1. The van der Waals surface area contributed by atoms with E-state index in [-0.39, 0.29) is 5.78 Å². The molecule has 0 aliphatic rings. The second-order valence-corrected chi connectivity index (χ2v) is 4.01. The van der Waals surface area contributed by atoms with Crippen LogP contribution < -0.4 is 0 Å². The van der Waals surface area contributed by atoms with Gasteiger partial charge in [0.2, 0.25) is 0 Å². The summed E-state index contributed by atoms with van der Waals surface area (Å²) >= 11 is 0. The maximum atomic E-state index is 12.3. The van der Waals surface area contributed by atoms with Gasteiger partial charge in [0.25, 0.3) is 0 Å². The zero-order chi connectivity index (χ0) is 12.8. The zero-order valence-corrected chi connectivity index (χ0v) is 9.97. The third kappa shape index (κ3) is 2.64. The van der Waals surface area contributed by atoms with E-state index in [4.69, 9.17) is 5.26 Å². The van der Waals surface area contributed by atoms with Gasteiger partial charge in [0.1, 0.15) is 0 Å². The van der Waals surface area contributed by atoms with Gasteiger partial charge in [-0.3, -0.25) is 4.79 Å². The molecule has 2 aromatic carbocycles. The Morgan fingerprint density at radius 3 is 2.39 bits per heavy atom. The zero-order valence-electron chi connectivity index (χ0n) is 9.97. The highest BCUT2D eigenvalue weighted by Gasteiger charge is 2.12. The van der Waals surface area contributed by atoms with E-state index in [2.05, 4.69) is 6.07 Å². The van der Waals surface area contributed by atoms with Gasteiger partial charge in [-0.15, -0.1) is 0 Å². The predicted octanol–water partition coefficient (Wildman–Crippen LogP) is 3.37. The van der Waals surface area contributed by atoms with E-state index in [1.807, 2.05) is 54.6 Å². The van der Waals surface area contributed by atoms with Crippen LogP contribution in [0.15, 0.2) is 54.6 Å². The van der Waals surface area contributed by atoms with Crippen LogP contribution in [0.25, 0.3) is 0 Å². The highest BCUT2D eigenvalue weighted by molar-refractivity contribution is 6.09. The number of benzene rings is 2. The summed E-state index contributed by atoms with van der Waals surface area (Å²) < 4.78 is 0. The molecule has 0 saturated carbocycles. The molecule has 0 N–H and O–H groups in total. The molecular weight excluding hydrogens is 222 g/mol. The van der Waals surface area contributed by atoms with Crippen LogP contribution in [-0.2, 0) is 6.42 Å². The Morgan fingerprint density at radius 1 is 1.00 bits per heavy atom. The van der Waals surface area contributed by atoms with Gasteiger partial charge in [0.15, 0.2) is 5.78 Å². The van der Waals surface area contributed by atoms with Gasteiger partial charge in [-0.2, -0.15) is 5.26 Å². The highest BCUT2D eigenvalue weighted by Crippen LogP contribution is 2.16. The number of hydrogen-bond donors (Lipinski definition) is 0. The van der Waals surface area contributed by atoms with Crippen LogP contribution in [0.4, 0.5) is 0 Å². The minimum Gasteiger partial charge on any atom is -0.289 e. The Morgan fingerprint density at radius 2 is 1.67 bits per heavy atom. The van der Waals surface area contributed by atoms with Gasteiger partial charge in [-0.25, -0.2) is 0 Å². The van der Waals surface area contributed by atoms with E-state index in [1.165, 1.54) is 0 Å². The van der Waals surface area contributed by atoms with Crippen molar-refractivity contribution in [3.8, 4) is 6.07 Å². The molecule has 88 valence electrons. The second-order valence-electron chi connectivity index (χ2n) is 4.01. The third-order valence-electron chi connectivity index (χ3n) is 2.80. The van der Waals surface area contributed by atoms with Gasteiger partial charge >= 0.3 is 0 Å². The van der Waals surface area contributed by atoms with Gasteiger partial charge < -0.3 is 0 Å². The summed E-state index contributed by atoms with van der Waals surface area (Å²) in [5.74, 6) is 0.0177. The minimum absolute atomic E-state index is 0.0177. The van der Waals surface area contributed by atoms with Crippen molar-refractivity contribution in [2.45, 2.75) is 12.8 Å². The molecule has 0 bridgehead atoms. The number of aryl methyl sites for hydroxylation is 1. The van der Waals surface area contributed by atoms with Crippen molar-refractivity contribution < 1.29 is 4.79 Å². The summed E-state index contributed by atoms with van der Waals surface area (Å²) in [6, 6.07) is 18.8. The summed E-state index contributed by atoms with van der Waals surface area (Å²) in [5.41, 5.74) is 2.31. The Labute approximate surface area is 107 Å². The number of nitrogens with zero attached hydrogens (tertiary/aromatic N) is 1. The van der Waals surface area contributed by atoms with Crippen LogP contribution in [0.2, 0.25) is 0 Å². The molecule has 2 nitrogen and oxygen atoms in total. The normalized spacial score (nSPS) is 9.72. The standard InChI is InChI=1S/C16H13NO/c17-12-6-10-13-7-4-5-11-15(13)16(18)14-8-2-1-3-9-14/h1-5,7-9,11H,6,10H2. The van der Waals surface area contributed by atoms with Crippen LogP contribution in [-0.4, -0.2) is 5.78 Å². The largest absolute Gasteiger partial charge is 0.289 e. The Kier molecular flexibility index (Phi) is 3.88. The first-order valence-corrected chi connectivity index (χ1v) is 5.87. The molecule has 0 aliphatic carbocycles. The molecule has 0 aliphatic heterocycles. The Bertz CT molecular complexity index is 582. The van der Waals surface area contributed by atoms with Crippen LogP contribution in [0, 0.1) is 11.3 Å². The van der Waals surface area contributed by atoms with Gasteiger partial charge in [0, 0.05) is 17.5 Å². The van der Waals surface area contributed by atoms with Crippen LogP contribution in [0.3, 0.4) is 0 Å². The molecule has 0 heterocycles. The molecule has 0 aromatic heterocycles. The number of ketones is 1. The lowest BCUT2D eigenvalue weighted by molar-refractivity contribution is 0.103. The molecule has 0 atom stereocenters. The Balaban J connectivity index is 2.34. The van der Waals surface area contributed by atoms with Gasteiger partial charge in [-0.1, -0.05) is 54.6 Å². The SMILES string of the molecule is N#CCCc1ccccc1C(=O)c1ccccc1. The number of rotatable bonds is 4. The summed E-state index contributed by atoms with van der Waals surface area (Å²) in [5, 5.41) is 8.64. The van der Waals surface area contributed by atoms with E-state index >= 15 is 0 Å². The summed E-state index contributed by atoms with van der Waals surface area (Å²) in [6.07, 6.45) is 1.05. The second kappa shape index (κ2) is 5.79. The number of carbonyl (C=O) groups excluding carboxylic acids is 1. The highest BCUT2D eigenvalue weighted by atomic mass is 16.1. The molecule has 0 fully saturated rings. The molecule has 0 amide bonds. The van der Waals surface area contributed by atoms with E-state index < -0.39 is 0 Å². The number of carbonyl (C=O) groups is 1. The third-order valence-corrected chi connectivity index (χ3v) is 2.80. The van der Waals surface area contributed by atoms with Crippen molar-refractivity contribution >= 4 is 5.78 Å². The lowest BCUT2D eigenvalue weighted by atomic mass is 9.96. The van der Waals surface area contributed by atoms with Crippen molar-refractivity contribution in [1.82, 2.24) is 0 Å². The monoisotopic (exact) mass is 235 g/mol. The lowest BCUT2D eigenvalue weighted by Gasteiger charge is -2.07. The van der Waals surface area contributed by atoms with Crippen molar-refractivity contribution in [2.75, 3.05) is 0 Å². The fourth-order valence-corrected chi connectivity index (χ4v) is 1.90. The first-order chi connectivity index (χ1) is 8.83. The summed E-state index contributed by atoms with van der Waals surface area (Å²) in [4.78, 5) is 12.3. The summed E-state index contributed by atoms with van der Waals surface area (Å²) in [6.45, 7) is 0. The molecule has 0 unspecified atom stereocenters. The van der Waals surface area contributed by atoms with E-state index in [0.29, 0.717) is 24.0 Å². The van der Waals surface area contributed by atoms with Gasteiger partial charge in [-0.05, 0) is 12.0 Å². The molecule has 0 spiro atoms. The van der Waals surface area contributed by atoms with Crippen molar-refractivity contribution in [3.63, 3.8) is 0 Å². The Hall–Kier alpha value is -2.40. The van der Waals surface area contributed by atoms with Gasteiger partial charge in [0.05, 0.1) is 6.07 Å². The molecule has 0 saturated heterocycles. The molecule has 2 heteroatoms. The van der Waals surface area contributed by atoms with Crippen LogP contribution in [0.1, 0.15) is 27.9 Å². The molecular formula is C16H13NO. The smallest absolute Gasteiger partial charge is 0.193 e. The average molecular weight is 235 g/mol. The fraction of sp³-hybridized carbons (Fsp3) is 0.125. The fourth-order valence-electron chi connectivity index (χ4n) is 1.90. The van der Waals surface area contributed by atoms with Crippen molar-refractivity contribution in [3.05, 3.63) is 71.3 Å². The number of hydrogen-bond acceptors (Lipinski definition) is 2. The maximum Gasteiger partial charge on any atom is 0.193 e. The average Bonchev–Trinajstić information content (AvgIpc) is 2.45. The first-order valence-electron chi connectivity index (χ1n) is 5.87. The van der Waals surface area contributed by atoms with E-state index in [9.17, 15) is 4.79 Å². The van der Waals surface area contributed by atoms with Crippen LogP contribution in [0.5, 0.6) is 0 Å². The van der Waals surface area contributed by atoms with E-state index in [1.54, 1.807) is 0 Å². The molecule has 0 radical (unpaired) electrons. The molecule has 2 rings (SSSR count). The number of nitriles is 1. The van der Waals surface area contributed by atoms with E-state index in [0.717, 1.165) is 5.56 Å². The molecule has 2 aromatic rings. The van der Waals surface area contributed by atoms with Crippen molar-refractivity contribution in [1.29, 1.82) is 5.26 Å². The van der Waals surface area contributed by atoms with Crippen LogP contribution >= 0.6 is 0 Å².